The maximum atomic E-state index is 12.7. The fraction of sp³-hybridized carbons (Fsp3) is 0.348. The molecule has 2 aromatic carbocycles. The first-order chi connectivity index (χ1) is 14.0. The minimum Gasteiger partial charge on any atom is -0.326 e. The molecule has 0 aliphatic carbocycles. The van der Waals surface area contributed by atoms with Gasteiger partial charge in [0, 0.05) is 12.1 Å². The molecule has 1 saturated heterocycles. The average molecular weight is 428 g/mol. The van der Waals surface area contributed by atoms with Crippen molar-refractivity contribution in [2.45, 2.75) is 26.2 Å². The van der Waals surface area contributed by atoms with Gasteiger partial charge in [0.25, 0.3) is 11.8 Å². The van der Waals surface area contributed by atoms with Gasteiger partial charge in [-0.25, -0.2) is 4.90 Å². The Morgan fingerprint density at radius 2 is 1.70 bits per heavy atom. The van der Waals surface area contributed by atoms with Crippen molar-refractivity contribution < 1.29 is 14.4 Å². The molecule has 0 spiro atoms. The van der Waals surface area contributed by atoms with Gasteiger partial charge in [-0.2, -0.15) is 0 Å². The van der Waals surface area contributed by atoms with Crippen LogP contribution in [-0.4, -0.2) is 30.8 Å². The van der Waals surface area contributed by atoms with Crippen LogP contribution in [0.1, 0.15) is 46.9 Å². The number of hydrogen-bond acceptors (Lipinski definition) is 4. The second kappa shape index (κ2) is 9.41. The third kappa shape index (κ3) is 4.40. The van der Waals surface area contributed by atoms with E-state index < -0.39 is 0 Å². The standard InChI is InChI=1S/C23H25N3O3.ClH/c1-15(16-9-11-24-12-10-16)13-21(27)25-17-5-4-6-18(14-17)26-22(28)19-7-2-3-8-20(19)23(26)29;/h2-8,14-16,24H,9-13H2,1H3,(H,25,27);1H. The summed E-state index contributed by atoms with van der Waals surface area (Å²) in [6.45, 7) is 4.16. The SMILES string of the molecule is CC(CC(=O)Nc1cccc(N2C(=O)c3ccccc3C2=O)c1)C1CCNCC1.Cl. The molecule has 0 radical (unpaired) electrons. The number of anilines is 2. The van der Waals surface area contributed by atoms with Gasteiger partial charge >= 0.3 is 0 Å². The van der Waals surface area contributed by atoms with E-state index in [9.17, 15) is 14.4 Å². The molecular formula is C23H26ClN3O3. The number of fused-ring (bicyclic) bond motifs is 1. The molecule has 6 nitrogen and oxygen atoms in total. The molecule has 4 rings (SSSR count). The number of imide groups is 1. The van der Waals surface area contributed by atoms with Crippen LogP contribution >= 0.6 is 12.4 Å². The molecule has 2 heterocycles. The lowest BCUT2D eigenvalue weighted by atomic mass is 9.84. The highest BCUT2D eigenvalue weighted by Crippen LogP contribution is 2.30. The summed E-state index contributed by atoms with van der Waals surface area (Å²) < 4.78 is 0. The second-order valence-electron chi connectivity index (χ2n) is 7.86. The lowest BCUT2D eigenvalue weighted by Gasteiger charge is -2.27. The zero-order valence-electron chi connectivity index (χ0n) is 16.9. The highest BCUT2D eigenvalue weighted by atomic mass is 35.5. The molecule has 2 aliphatic rings. The molecule has 1 unspecified atom stereocenters. The fourth-order valence-electron chi connectivity index (χ4n) is 4.23. The summed E-state index contributed by atoms with van der Waals surface area (Å²) in [5, 5.41) is 6.27. The first-order valence-electron chi connectivity index (χ1n) is 10.1. The van der Waals surface area contributed by atoms with Crippen LogP contribution in [0.2, 0.25) is 0 Å². The number of nitrogens with one attached hydrogen (secondary N) is 2. The molecule has 0 bridgehead atoms. The van der Waals surface area contributed by atoms with E-state index >= 15 is 0 Å². The Labute approximate surface area is 182 Å². The third-order valence-electron chi connectivity index (χ3n) is 5.88. The summed E-state index contributed by atoms with van der Waals surface area (Å²) in [6, 6.07) is 13.7. The highest BCUT2D eigenvalue weighted by Gasteiger charge is 2.36. The zero-order chi connectivity index (χ0) is 20.4. The molecule has 1 fully saturated rings. The lowest BCUT2D eigenvalue weighted by molar-refractivity contribution is -0.117. The van der Waals surface area contributed by atoms with Gasteiger partial charge in [-0.1, -0.05) is 25.1 Å². The summed E-state index contributed by atoms with van der Waals surface area (Å²) in [7, 11) is 0. The normalized spacial score (nSPS) is 17.3. The van der Waals surface area contributed by atoms with Crippen LogP contribution < -0.4 is 15.5 Å². The van der Waals surface area contributed by atoms with Crippen molar-refractivity contribution in [2.75, 3.05) is 23.3 Å². The Morgan fingerprint density at radius 1 is 1.07 bits per heavy atom. The maximum absolute atomic E-state index is 12.7. The molecule has 2 aromatic rings. The topological polar surface area (TPSA) is 78.5 Å². The van der Waals surface area contributed by atoms with Crippen LogP contribution in [-0.2, 0) is 4.79 Å². The maximum Gasteiger partial charge on any atom is 0.266 e. The number of benzene rings is 2. The number of halogens is 1. The molecule has 0 aromatic heterocycles. The van der Waals surface area contributed by atoms with Crippen molar-refractivity contribution in [2.24, 2.45) is 11.8 Å². The monoisotopic (exact) mass is 427 g/mol. The third-order valence-corrected chi connectivity index (χ3v) is 5.88. The number of amides is 3. The van der Waals surface area contributed by atoms with Gasteiger partial charge in [0.15, 0.2) is 0 Å². The van der Waals surface area contributed by atoms with Gasteiger partial charge in [-0.05, 0) is 68.1 Å². The van der Waals surface area contributed by atoms with Crippen molar-refractivity contribution >= 4 is 41.5 Å². The van der Waals surface area contributed by atoms with Crippen molar-refractivity contribution in [3.05, 3.63) is 59.7 Å². The average Bonchev–Trinajstić information content (AvgIpc) is 2.99. The summed E-state index contributed by atoms with van der Waals surface area (Å²) in [4.78, 5) is 39.0. The van der Waals surface area contributed by atoms with Gasteiger partial charge in [-0.3, -0.25) is 14.4 Å². The van der Waals surface area contributed by atoms with Crippen molar-refractivity contribution in [3.8, 4) is 0 Å². The minimum absolute atomic E-state index is 0. The Balaban J connectivity index is 0.00000256. The van der Waals surface area contributed by atoms with E-state index in [0.717, 1.165) is 30.8 Å². The van der Waals surface area contributed by atoms with Crippen molar-refractivity contribution in [3.63, 3.8) is 0 Å². The van der Waals surface area contributed by atoms with Gasteiger partial charge in [0.2, 0.25) is 5.91 Å². The van der Waals surface area contributed by atoms with Crippen LogP contribution in [0.5, 0.6) is 0 Å². The van der Waals surface area contributed by atoms with E-state index in [0.29, 0.717) is 40.8 Å². The van der Waals surface area contributed by atoms with E-state index in [4.69, 9.17) is 0 Å². The van der Waals surface area contributed by atoms with E-state index in [2.05, 4.69) is 17.6 Å². The lowest BCUT2D eigenvalue weighted by Crippen LogP contribution is -2.32. The van der Waals surface area contributed by atoms with Crippen LogP contribution in [0.25, 0.3) is 0 Å². The van der Waals surface area contributed by atoms with E-state index in [1.165, 1.54) is 0 Å². The summed E-state index contributed by atoms with van der Waals surface area (Å²) in [5.41, 5.74) is 1.85. The van der Waals surface area contributed by atoms with Crippen LogP contribution in [0, 0.1) is 11.8 Å². The molecule has 2 aliphatic heterocycles. The predicted octanol–water partition coefficient (Wildman–Crippen LogP) is 3.87. The number of carbonyl (C=O) groups excluding carboxylic acids is 3. The zero-order valence-corrected chi connectivity index (χ0v) is 17.7. The summed E-state index contributed by atoms with van der Waals surface area (Å²) >= 11 is 0. The molecule has 158 valence electrons. The van der Waals surface area contributed by atoms with E-state index in [1.807, 2.05) is 0 Å². The Bertz CT molecular complexity index is 921. The van der Waals surface area contributed by atoms with Crippen molar-refractivity contribution in [1.82, 2.24) is 5.32 Å². The van der Waals surface area contributed by atoms with Gasteiger partial charge in [0.1, 0.15) is 0 Å². The quantitative estimate of drug-likeness (QED) is 0.710. The van der Waals surface area contributed by atoms with Gasteiger partial charge < -0.3 is 10.6 Å². The summed E-state index contributed by atoms with van der Waals surface area (Å²) in [5.74, 6) is 0.154. The number of nitrogens with zero attached hydrogens (tertiary/aromatic N) is 1. The molecule has 2 N–H and O–H groups in total. The number of rotatable bonds is 5. The predicted molar refractivity (Wildman–Crippen MR) is 119 cm³/mol. The second-order valence-corrected chi connectivity index (χ2v) is 7.86. The molecular weight excluding hydrogens is 402 g/mol. The minimum atomic E-state index is -0.339. The number of carbonyl (C=O) groups is 3. The molecule has 0 saturated carbocycles. The van der Waals surface area contributed by atoms with E-state index in [-0.39, 0.29) is 30.1 Å². The smallest absolute Gasteiger partial charge is 0.266 e. The largest absolute Gasteiger partial charge is 0.326 e. The Hall–Kier alpha value is -2.70. The summed E-state index contributed by atoms with van der Waals surface area (Å²) in [6.07, 6.45) is 2.66. The molecule has 3 amide bonds. The van der Waals surface area contributed by atoms with Crippen LogP contribution in [0.3, 0.4) is 0 Å². The molecule has 1 atom stereocenters. The van der Waals surface area contributed by atoms with Crippen LogP contribution in [0.4, 0.5) is 11.4 Å². The fourth-order valence-corrected chi connectivity index (χ4v) is 4.23. The molecule has 7 heteroatoms. The van der Waals surface area contributed by atoms with Gasteiger partial charge in [-0.15, -0.1) is 12.4 Å². The Kier molecular flexibility index (Phi) is 6.90. The number of piperidine rings is 1. The Morgan fingerprint density at radius 3 is 2.33 bits per heavy atom. The molecule has 30 heavy (non-hydrogen) atoms. The first kappa shape index (κ1) is 22.0. The van der Waals surface area contributed by atoms with Gasteiger partial charge in [0.05, 0.1) is 16.8 Å². The van der Waals surface area contributed by atoms with E-state index in [1.54, 1.807) is 48.5 Å². The highest BCUT2D eigenvalue weighted by molar-refractivity contribution is 6.34. The first-order valence-corrected chi connectivity index (χ1v) is 10.1. The van der Waals surface area contributed by atoms with Crippen molar-refractivity contribution in [1.29, 1.82) is 0 Å². The number of hydrogen-bond donors (Lipinski definition) is 2. The van der Waals surface area contributed by atoms with Crippen LogP contribution in [0.15, 0.2) is 48.5 Å².